The lowest BCUT2D eigenvalue weighted by Crippen LogP contribution is -2.21. The molecule has 1 fully saturated rings. The summed E-state index contributed by atoms with van der Waals surface area (Å²) in [7, 11) is 0. The van der Waals surface area contributed by atoms with E-state index in [4.69, 9.17) is 0 Å². The van der Waals surface area contributed by atoms with Gasteiger partial charge in [-0.05, 0) is 30.6 Å². The maximum atomic E-state index is 11.0. The summed E-state index contributed by atoms with van der Waals surface area (Å²) >= 11 is 0. The summed E-state index contributed by atoms with van der Waals surface area (Å²) in [6, 6.07) is 2.99. The molecular weight excluding hydrogens is 268 g/mol. The Bertz CT molecular complexity index is 512. The standard InChI is InChI=1S/C15H24N4O2/c1-4-7-16-13-8-12(19(20)21)9-14(18-13)17-10-15(5-6-15)11(2)3/h8-9,11H,4-7,10H2,1-3H3,(H2,16,17,18). The predicted octanol–water partition coefficient (Wildman–Crippen LogP) is 3.66. The van der Waals surface area contributed by atoms with Gasteiger partial charge in [-0.25, -0.2) is 4.98 Å². The van der Waals surface area contributed by atoms with Gasteiger partial charge in [0, 0.05) is 13.1 Å². The number of rotatable bonds is 8. The second-order valence-electron chi connectivity index (χ2n) is 6.15. The van der Waals surface area contributed by atoms with Crippen LogP contribution in [0.4, 0.5) is 17.3 Å². The normalized spacial score (nSPS) is 15.8. The largest absolute Gasteiger partial charge is 0.370 e. The number of hydrogen-bond acceptors (Lipinski definition) is 5. The van der Waals surface area contributed by atoms with Crippen molar-refractivity contribution in [2.75, 3.05) is 23.7 Å². The monoisotopic (exact) mass is 292 g/mol. The number of hydrogen-bond donors (Lipinski definition) is 2. The Morgan fingerprint density at radius 2 is 1.95 bits per heavy atom. The minimum atomic E-state index is -0.376. The third-order valence-corrected chi connectivity index (χ3v) is 4.32. The quantitative estimate of drug-likeness (QED) is 0.564. The van der Waals surface area contributed by atoms with Gasteiger partial charge in [0.1, 0.15) is 11.6 Å². The van der Waals surface area contributed by atoms with Gasteiger partial charge >= 0.3 is 0 Å². The van der Waals surface area contributed by atoms with Crippen molar-refractivity contribution in [3.8, 4) is 0 Å². The Morgan fingerprint density at radius 1 is 1.33 bits per heavy atom. The van der Waals surface area contributed by atoms with Crippen LogP contribution in [0.15, 0.2) is 12.1 Å². The Balaban J connectivity index is 2.10. The van der Waals surface area contributed by atoms with Crippen LogP contribution in [-0.2, 0) is 0 Å². The molecule has 6 heteroatoms. The van der Waals surface area contributed by atoms with Crippen LogP contribution in [0.25, 0.3) is 0 Å². The van der Waals surface area contributed by atoms with Gasteiger partial charge in [-0.1, -0.05) is 20.8 Å². The molecule has 1 aliphatic carbocycles. The zero-order chi connectivity index (χ0) is 15.5. The number of nitro groups is 1. The average molecular weight is 292 g/mol. The van der Waals surface area contributed by atoms with Crippen molar-refractivity contribution in [2.45, 2.75) is 40.0 Å². The van der Waals surface area contributed by atoms with Crippen LogP contribution in [0.5, 0.6) is 0 Å². The lowest BCUT2D eigenvalue weighted by molar-refractivity contribution is -0.384. The first kappa shape index (κ1) is 15.5. The summed E-state index contributed by atoms with van der Waals surface area (Å²) in [6.45, 7) is 8.08. The smallest absolute Gasteiger partial charge is 0.276 e. The Morgan fingerprint density at radius 3 is 2.43 bits per heavy atom. The molecule has 0 aromatic carbocycles. The summed E-state index contributed by atoms with van der Waals surface area (Å²) in [5.41, 5.74) is 0.407. The lowest BCUT2D eigenvalue weighted by atomic mass is 9.92. The van der Waals surface area contributed by atoms with Crippen LogP contribution in [-0.4, -0.2) is 23.0 Å². The van der Waals surface area contributed by atoms with Crippen LogP contribution in [0, 0.1) is 21.4 Å². The van der Waals surface area contributed by atoms with Crippen molar-refractivity contribution >= 4 is 17.3 Å². The molecule has 1 aromatic heterocycles. The molecule has 0 saturated heterocycles. The molecule has 116 valence electrons. The molecular formula is C15H24N4O2. The predicted molar refractivity (Wildman–Crippen MR) is 84.7 cm³/mol. The number of aromatic nitrogens is 1. The third-order valence-electron chi connectivity index (χ3n) is 4.32. The van der Waals surface area contributed by atoms with Gasteiger partial charge in [-0.3, -0.25) is 10.1 Å². The van der Waals surface area contributed by atoms with Crippen molar-refractivity contribution in [3.05, 3.63) is 22.2 Å². The summed E-state index contributed by atoms with van der Waals surface area (Å²) in [6.07, 6.45) is 3.38. The molecule has 1 heterocycles. The number of nitrogens with zero attached hydrogens (tertiary/aromatic N) is 2. The fourth-order valence-electron chi connectivity index (χ4n) is 2.44. The van der Waals surface area contributed by atoms with E-state index in [1.807, 2.05) is 6.92 Å². The summed E-state index contributed by atoms with van der Waals surface area (Å²) in [4.78, 5) is 15.1. The highest BCUT2D eigenvalue weighted by Gasteiger charge is 2.45. The van der Waals surface area contributed by atoms with Crippen LogP contribution >= 0.6 is 0 Å². The highest BCUT2D eigenvalue weighted by Crippen LogP contribution is 2.51. The van der Waals surface area contributed by atoms with Crippen molar-refractivity contribution in [1.29, 1.82) is 0 Å². The molecule has 0 aliphatic heterocycles. The molecule has 0 radical (unpaired) electrons. The number of pyridine rings is 1. The van der Waals surface area contributed by atoms with Crippen LogP contribution in [0.1, 0.15) is 40.0 Å². The van der Waals surface area contributed by atoms with Crippen molar-refractivity contribution in [3.63, 3.8) is 0 Å². The van der Waals surface area contributed by atoms with E-state index in [1.54, 1.807) is 0 Å². The molecule has 0 amide bonds. The van der Waals surface area contributed by atoms with Gasteiger partial charge in [-0.2, -0.15) is 0 Å². The fourth-order valence-corrected chi connectivity index (χ4v) is 2.44. The van der Waals surface area contributed by atoms with E-state index in [2.05, 4.69) is 29.5 Å². The fraction of sp³-hybridized carbons (Fsp3) is 0.667. The van der Waals surface area contributed by atoms with Gasteiger partial charge in [-0.15, -0.1) is 0 Å². The van der Waals surface area contributed by atoms with Crippen LogP contribution in [0.2, 0.25) is 0 Å². The molecule has 6 nitrogen and oxygen atoms in total. The van der Waals surface area contributed by atoms with Gasteiger partial charge in [0.25, 0.3) is 5.69 Å². The maximum Gasteiger partial charge on any atom is 0.276 e. The minimum absolute atomic E-state index is 0.0699. The second kappa shape index (κ2) is 6.28. The van der Waals surface area contributed by atoms with E-state index in [-0.39, 0.29) is 10.6 Å². The minimum Gasteiger partial charge on any atom is -0.370 e. The SMILES string of the molecule is CCCNc1cc([N+](=O)[O-])cc(NCC2(C(C)C)CC2)n1. The topological polar surface area (TPSA) is 80.1 Å². The lowest BCUT2D eigenvalue weighted by Gasteiger charge is -2.20. The molecule has 2 N–H and O–H groups in total. The molecule has 2 rings (SSSR count). The molecule has 0 atom stereocenters. The van der Waals surface area contributed by atoms with Crippen LogP contribution < -0.4 is 10.6 Å². The molecule has 0 unspecified atom stereocenters. The highest BCUT2D eigenvalue weighted by atomic mass is 16.6. The first-order valence-corrected chi connectivity index (χ1v) is 7.61. The zero-order valence-corrected chi connectivity index (χ0v) is 13.0. The van der Waals surface area contributed by atoms with Gasteiger partial charge in [0.05, 0.1) is 17.1 Å². The second-order valence-corrected chi connectivity index (χ2v) is 6.15. The molecule has 1 aromatic rings. The Hall–Kier alpha value is -1.85. The molecule has 0 spiro atoms. The van der Waals surface area contributed by atoms with Crippen LogP contribution in [0.3, 0.4) is 0 Å². The number of nitrogens with one attached hydrogen (secondary N) is 2. The summed E-state index contributed by atoms with van der Waals surface area (Å²) in [5.74, 6) is 1.75. The summed E-state index contributed by atoms with van der Waals surface area (Å²) < 4.78 is 0. The molecule has 1 aliphatic rings. The van der Waals surface area contributed by atoms with E-state index in [1.165, 1.54) is 25.0 Å². The Labute approximate surface area is 125 Å². The molecule has 1 saturated carbocycles. The third kappa shape index (κ3) is 3.83. The average Bonchev–Trinajstić information content (AvgIpc) is 3.24. The van der Waals surface area contributed by atoms with Gasteiger partial charge in [0.15, 0.2) is 0 Å². The van der Waals surface area contributed by atoms with Gasteiger partial charge < -0.3 is 10.6 Å². The van der Waals surface area contributed by atoms with E-state index in [9.17, 15) is 10.1 Å². The summed E-state index contributed by atoms with van der Waals surface area (Å²) in [5, 5.41) is 17.4. The zero-order valence-electron chi connectivity index (χ0n) is 13.0. The van der Waals surface area contributed by atoms with E-state index < -0.39 is 0 Å². The molecule has 0 bridgehead atoms. The number of anilines is 2. The van der Waals surface area contributed by atoms with Gasteiger partial charge in [0.2, 0.25) is 0 Å². The first-order chi connectivity index (χ1) is 9.97. The maximum absolute atomic E-state index is 11.0. The van der Waals surface area contributed by atoms with Crippen molar-refractivity contribution in [1.82, 2.24) is 4.98 Å². The first-order valence-electron chi connectivity index (χ1n) is 7.61. The van der Waals surface area contributed by atoms with E-state index in [0.29, 0.717) is 23.0 Å². The van der Waals surface area contributed by atoms with Crippen molar-refractivity contribution < 1.29 is 4.92 Å². The van der Waals surface area contributed by atoms with E-state index >= 15 is 0 Å². The Kier molecular flexibility index (Phi) is 4.65. The van der Waals surface area contributed by atoms with E-state index in [0.717, 1.165) is 19.5 Å². The van der Waals surface area contributed by atoms with Crippen molar-refractivity contribution in [2.24, 2.45) is 11.3 Å². The highest BCUT2D eigenvalue weighted by molar-refractivity contribution is 5.54. The molecule has 21 heavy (non-hydrogen) atoms.